The van der Waals surface area contributed by atoms with Crippen molar-refractivity contribution in [2.45, 2.75) is 19.5 Å². The fraction of sp³-hybridized carbons (Fsp3) is 0.167. The van der Waals surface area contributed by atoms with Gasteiger partial charge in [0.05, 0.1) is 18.2 Å². The van der Waals surface area contributed by atoms with E-state index in [-0.39, 0.29) is 17.3 Å². The number of imidazole rings is 1. The molecule has 37 heavy (non-hydrogen) atoms. The maximum Gasteiger partial charge on any atom is 0.573 e. The minimum absolute atomic E-state index is 0.127. The largest absolute Gasteiger partial charge is 0.573 e. The Morgan fingerprint density at radius 1 is 0.838 bits per heavy atom. The second kappa shape index (κ2) is 9.91. The van der Waals surface area contributed by atoms with Crippen LogP contribution in [-0.2, 0) is 6.18 Å². The van der Waals surface area contributed by atoms with E-state index in [1.807, 2.05) is 6.92 Å². The number of alkyl halides is 6. The zero-order chi connectivity index (χ0) is 26.8. The lowest BCUT2D eigenvalue weighted by molar-refractivity contribution is -0.274. The number of pyridine rings is 1. The van der Waals surface area contributed by atoms with Crippen LogP contribution in [0.15, 0.2) is 60.8 Å². The first-order chi connectivity index (χ1) is 17.4. The number of hydrogen-bond acceptors (Lipinski definition) is 6. The van der Waals surface area contributed by atoms with Gasteiger partial charge in [0.15, 0.2) is 0 Å². The second-order valence-electron chi connectivity index (χ2n) is 7.78. The Hall–Kier alpha value is -4.42. The van der Waals surface area contributed by atoms with Crippen molar-refractivity contribution in [2.75, 3.05) is 17.7 Å². The molecule has 4 rings (SSSR count). The number of nitrogens with one attached hydrogen (secondary N) is 3. The fourth-order valence-electron chi connectivity index (χ4n) is 3.37. The maximum atomic E-state index is 13.6. The average Bonchev–Trinajstić information content (AvgIpc) is 3.24. The Balaban J connectivity index is 1.60. The first-order valence-corrected chi connectivity index (χ1v) is 10.6. The molecule has 0 radical (unpaired) electrons. The summed E-state index contributed by atoms with van der Waals surface area (Å²) in [7, 11) is 1.45. The summed E-state index contributed by atoms with van der Waals surface area (Å²) >= 11 is 0. The van der Waals surface area contributed by atoms with E-state index in [1.54, 1.807) is 24.4 Å². The maximum absolute atomic E-state index is 13.6. The number of aromatic nitrogens is 3. The van der Waals surface area contributed by atoms with Gasteiger partial charge >= 0.3 is 12.5 Å². The highest BCUT2D eigenvalue weighted by atomic mass is 19.4. The summed E-state index contributed by atoms with van der Waals surface area (Å²) in [4.78, 5) is 11.5. The normalized spacial score (nSPS) is 11.8. The quantitative estimate of drug-likeness (QED) is 0.222. The molecule has 0 aliphatic heterocycles. The van der Waals surface area contributed by atoms with Crippen molar-refractivity contribution in [2.24, 2.45) is 0 Å². The Bertz CT molecular complexity index is 1380. The molecule has 2 heterocycles. The molecule has 0 fully saturated rings. The van der Waals surface area contributed by atoms with E-state index in [0.29, 0.717) is 22.8 Å². The van der Waals surface area contributed by atoms with Crippen LogP contribution in [0.3, 0.4) is 0 Å². The molecule has 0 saturated carbocycles. The van der Waals surface area contributed by atoms with E-state index >= 15 is 0 Å². The van der Waals surface area contributed by atoms with Gasteiger partial charge in [-0.15, -0.1) is 13.2 Å². The summed E-state index contributed by atoms with van der Waals surface area (Å²) in [5.74, 6) is 0.205. The molecule has 0 bridgehead atoms. The van der Waals surface area contributed by atoms with Crippen molar-refractivity contribution in [1.29, 1.82) is 0 Å². The predicted octanol–water partition coefficient (Wildman–Crippen LogP) is 7.19. The van der Waals surface area contributed by atoms with Crippen LogP contribution in [0.25, 0.3) is 11.4 Å². The van der Waals surface area contributed by atoms with Crippen LogP contribution in [-0.4, -0.2) is 28.4 Å². The Morgan fingerprint density at radius 3 is 2.00 bits per heavy atom. The van der Waals surface area contributed by atoms with Crippen LogP contribution in [0.4, 0.5) is 49.4 Å². The fourth-order valence-corrected chi connectivity index (χ4v) is 3.37. The molecule has 0 atom stereocenters. The van der Waals surface area contributed by atoms with Gasteiger partial charge in [-0.25, -0.2) is 9.97 Å². The minimum Gasteiger partial charge on any atom is -0.496 e. The number of nitrogens with zero attached hydrogens (tertiary/aromatic N) is 2. The summed E-state index contributed by atoms with van der Waals surface area (Å²) in [6, 6.07) is 11.0. The van der Waals surface area contributed by atoms with Crippen LogP contribution in [0.1, 0.15) is 11.3 Å². The lowest BCUT2D eigenvalue weighted by Gasteiger charge is -2.15. The lowest BCUT2D eigenvalue weighted by Crippen LogP contribution is -2.17. The summed E-state index contributed by atoms with van der Waals surface area (Å²) in [5, 5.41) is 5.49. The number of H-pyrrole nitrogens is 1. The van der Waals surface area contributed by atoms with Gasteiger partial charge in [0.25, 0.3) is 0 Å². The topological polar surface area (TPSA) is 84.1 Å². The van der Waals surface area contributed by atoms with Crippen molar-refractivity contribution < 1.29 is 35.8 Å². The molecule has 2 aromatic carbocycles. The summed E-state index contributed by atoms with van der Waals surface area (Å²) < 4.78 is 86.9. The van der Waals surface area contributed by atoms with Gasteiger partial charge in [-0.05, 0) is 55.5 Å². The van der Waals surface area contributed by atoms with Crippen LogP contribution in [0.5, 0.6) is 11.5 Å². The first kappa shape index (κ1) is 25.7. The van der Waals surface area contributed by atoms with E-state index in [0.717, 1.165) is 30.0 Å². The van der Waals surface area contributed by atoms with Crippen LogP contribution >= 0.6 is 0 Å². The van der Waals surface area contributed by atoms with Gasteiger partial charge in [-0.1, -0.05) is 0 Å². The van der Waals surface area contributed by atoms with E-state index in [9.17, 15) is 26.3 Å². The lowest BCUT2D eigenvalue weighted by atomic mass is 10.1. The molecule has 3 N–H and O–H groups in total. The van der Waals surface area contributed by atoms with Gasteiger partial charge in [-0.3, -0.25) is 0 Å². The van der Waals surface area contributed by atoms with Crippen molar-refractivity contribution in [3.8, 4) is 22.9 Å². The monoisotopic (exact) mass is 523 g/mol. The summed E-state index contributed by atoms with van der Waals surface area (Å²) in [6.45, 7) is 1.84. The molecule has 0 saturated heterocycles. The highest BCUT2D eigenvalue weighted by Gasteiger charge is 2.32. The number of hydrogen-bond donors (Lipinski definition) is 3. The molecule has 194 valence electrons. The number of aryl methyl sites for hydroxylation is 1. The van der Waals surface area contributed by atoms with Crippen LogP contribution in [0, 0.1) is 6.92 Å². The van der Waals surface area contributed by atoms with Gasteiger partial charge in [0.1, 0.15) is 29.0 Å². The van der Waals surface area contributed by atoms with Crippen LogP contribution < -0.4 is 20.1 Å². The Morgan fingerprint density at radius 2 is 1.46 bits per heavy atom. The van der Waals surface area contributed by atoms with E-state index in [1.165, 1.54) is 19.2 Å². The molecule has 7 nitrogen and oxygen atoms in total. The van der Waals surface area contributed by atoms with Crippen molar-refractivity contribution in [3.05, 3.63) is 72.1 Å². The number of aromatic amines is 1. The van der Waals surface area contributed by atoms with Crippen molar-refractivity contribution in [3.63, 3.8) is 0 Å². The average molecular weight is 523 g/mol. The standard InChI is InChI=1S/C24H19F6N5O2/c1-13-12-31-22(32-13)18-8-5-16(11-19(18)36-2)34-21-10-14(23(25,26)27)9-20(35-21)33-15-3-6-17(7-4-15)37-24(28,29)30/h3-12H,1-2H3,(H,31,32)(H2,33,34,35). The van der Waals surface area contributed by atoms with E-state index in [4.69, 9.17) is 4.74 Å². The smallest absolute Gasteiger partial charge is 0.496 e. The number of halogens is 6. The molecule has 0 aliphatic carbocycles. The van der Waals surface area contributed by atoms with Gasteiger partial charge in [0.2, 0.25) is 0 Å². The third-order valence-electron chi connectivity index (χ3n) is 4.94. The van der Waals surface area contributed by atoms with E-state index in [2.05, 4.69) is 30.3 Å². The third-order valence-corrected chi connectivity index (χ3v) is 4.94. The second-order valence-corrected chi connectivity index (χ2v) is 7.78. The SMILES string of the molecule is COc1cc(Nc2cc(C(F)(F)F)cc(Nc3ccc(OC(F)(F)F)cc3)n2)ccc1-c1ncc(C)[nH]1. The minimum atomic E-state index is -4.87. The zero-order valence-corrected chi connectivity index (χ0v) is 19.3. The first-order valence-electron chi connectivity index (χ1n) is 10.6. The zero-order valence-electron chi connectivity index (χ0n) is 19.3. The molecule has 2 aromatic heterocycles. The highest BCUT2D eigenvalue weighted by Crippen LogP contribution is 2.35. The Kier molecular flexibility index (Phi) is 6.88. The molecular weight excluding hydrogens is 504 g/mol. The number of benzene rings is 2. The number of anilines is 4. The van der Waals surface area contributed by atoms with Gasteiger partial charge < -0.3 is 25.1 Å². The molecule has 0 unspecified atom stereocenters. The number of ether oxygens (including phenoxy) is 2. The molecule has 0 amide bonds. The van der Waals surface area contributed by atoms with Crippen molar-refractivity contribution in [1.82, 2.24) is 15.0 Å². The van der Waals surface area contributed by atoms with Crippen molar-refractivity contribution >= 4 is 23.0 Å². The van der Waals surface area contributed by atoms with Gasteiger partial charge in [-0.2, -0.15) is 13.2 Å². The molecular formula is C24H19F6N5O2. The Labute approximate surface area is 206 Å². The van der Waals surface area contributed by atoms with Crippen LogP contribution in [0.2, 0.25) is 0 Å². The molecule has 13 heteroatoms. The third kappa shape index (κ3) is 6.63. The molecule has 0 spiro atoms. The summed E-state index contributed by atoms with van der Waals surface area (Å²) in [5.41, 5.74) is 1.11. The summed E-state index contributed by atoms with van der Waals surface area (Å²) in [6.07, 6.45) is -7.90. The highest BCUT2D eigenvalue weighted by molar-refractivity contribution is 5.71. The molecule has 0 aliphatic rings. The van der Waals surface area contributed by atoms with E-state index < -0.39 is 23.9 Å². The number of rotatable bonds is 7. The van der Waals surface area contributed by atoms with Gasteiger partial charge in [0, 0.05) is 29.3 Å². The number of methoxy groups -OCH3 is 1. The predicted molar refractivity (Wildman–Crippen MR) is 124 cm³/mol. The molecule has 4 aromatic rings.